The van der Waals surface area contributed by atoms with Crippen LogP contribution in [0.3, 0.4) is 0 Å². The van der Waals surface area contributed by atoms with Crippen molar-refractivity contribution in [2.75, 3.05) is 20.6 Å². The summed E-state index contributed by atoms with van der Waals surface area (Å²) in [6, 6.07) is 16.4. The van der Waals surface area contributed by atoms with Gasteiger partial charge in [-0.15, -0.1) is 12.4 Å². The molecule has 3 heteroatoms. The number of nitrogens with zero attached hydrogens (tertiary/aromatic N) is 1. The molecule has 0 unspecified atom stereocenters. The molecule has 0 aliphatic heterocycles. The summed E-state index contributed by atoms with van der Waals surface area (Å²) in [5.41, 5.74) is 6.64. The van der Waals surface area contributed by atoms with Crippen molar-refractivity contribution in [3.8, 4) is 5.75 Å². The second-order valence-electron chi connectivity index (χ2n) is 6.63. The van der Waals surface area contributed by atoms with Gasteiger partial charge in [0.25, 0.3) is 0 Å². The molecule has 1 N–H and O–H groups in total. The molecule has 2 aromatic rings. The number of likely N-dealkylation sites (N-methyl/N-ethyl adjacent to an activating group) is 1. The van der Waals surface area contributed by atoms with E-state index in [4.69, 9.17) is 0 Å². The predicted molar refractivity (Wildman–Crippen MR) is 104 cm³/mol. The molecule has 128 valence electrons. The topological polar surface area (TPSA) is 23.5 Å². The van der Waals surface area contributed by atoms with Crippen LogP contribution in [0.2, 0.25) is 0 Å². The number of aryl methyl sites for hydroxylation is 1. The summed E-state index contributed by atoms with van der Waals surface area (Å²) in [5.74, 6) is 0.332. The first-order valence-corrected chi connectivity index (χ1v) is 8.39. The van der Waals surface area contributed by atoms with E-state index in [9.17, 15) is 5.11 Å². The number of halogens is 1. The van der Waals surface area contributed by atoms with Crippen LogP contribution in [0.5, 0.6) is 5.75 Å². The van der Waals surface area contributed by atoms with Crippen molar-refractivity contribution in [3.63, 3.8) is 0 Å². The summed E-state index contributed by atoms with van der Waals surface area (Å²) in [4.78, 5) is 2.24. The van der Waals surface area contributed by atoms with E-state index in [1.54, 1.807) is 6.07 Å². The maximum absolute atomic E-state index is 9.95. The highest BCUT2D eigenvalue weighted by molar-refractivity contribution is 5.85. The van der Waals surface area contributed by atoms with E-state index in [-0.39, 0.29) is 12.4 Å². The zero-order valence-electron chi connectivity index (χ0n) is 14.5. The Kier molecular flexibility index (Phi) is 6.47. The zero-order chi connectivity index (χ0) is 16.2. The van der Waals surface area contributed by atoms with Crippen LogP contribution in [0.1, 0.15) is 36.0 Å². The Labute approximate surface area is 151 Å². The molecule has 0 atom stereocenters. The lowest BCUT2D eigenvalue weighted by Crippen LogP contribution is -2.17. The maximum Gasteiger partial charge on any atom is 0.116 e. The maximum atomic E-state index is 9.95. The number of hydrogen-bond donors (Lipinski definition) is 1. The monoisotopic (exact) mass is 343 g/mol. The minimum atomic E-state index is 0. The van der Waals surface area contributed by atoms with Gasteiger partial charge in [-0.05, 0) is 79.7 Å². The van der Waals surface area contributed by atoms with Gasteiger partial charge in [0, 0.05) is 6.54 Å². The third kappa shape index (κ3) is 4.19. The van der Waals surface area contributed by atoms with E-state index in [1.807, 2.05) is 12.1 Å². The van der Waals surface area contributed by atoms with Gasteiger partial charge in [0.1, 0.15) is 5.75 Å². The number of phenolic OH excluding ortho intramolecular Hbond substituents is 1. The lowest BCUT2D eigenvalue weighted by Gasteiger charge is -2.24. The number of fused-ring (bicyclic) bond motifs is 1. The second kappa shape index (κ2) is 8.36. The molecule has 0 amide bonds. The standard InChI is InChI=1S/C21H25NO.ClH/c1-22(2)15-18-10-4-3-8-16-9-5-6-13-20(16)21(18)17-11-7-12-19(23)14-17;/h5-7,9,11-14,23H,3-4,8,10,15H2,1-2H3;1H/b21-18+;. The molecule has 0 bridgehead atoms. The van der Waals surface area contributed by atoms with Gasteiger partial charge in [-0.2, -0.15) is 0 Å². The Bertz CT molecular complexity index is 721. The molecule has 0 radical (unpaired) electrons. The third-order valence-electron chi connectivity index (χ3n) is 4.46. The highest BCUT2D eigenvalue weighted by Crippen LogP contribution is 2.35. The summed E-state index contributed by atoms with van der Waals surface area (Å²) in [6.45, 7) is 0.958. The van der Waals surface area contributed by atoms with Crippen LogP contribution in [0.25, 0.3) is 5.57 Å². The predicted octanol–water partition coefficient (Wildman–Crippen LogP) is 4.90. The van der Waals surface area contributed by atoms with E-state index in [0.717, 1.165) is 24.9 Å². The van der Waals surface area contributed by atoms with E-state index >= 15 is 0 Å². The molecule has 3 rings (SSSR count). The van der Waals surface area contributed by atoms with Crippen LogP contribution >= 0.6 is 12.4 Å². The fraction of sp³-hybridized carbons (Fsp3) is 0.333. The smallest absolute Gasteiger partial charge is 0.116 e. The summed E-state index contributed by atoms with van der Waals surface area (Å²) in [7, 11) is 4.25. The fourth-order valence-electron chi connectivity index (χ4n) is 3.51. The molecule has 0 heterocycles. The average Bonchev–Trinajstić information content (AvgIpc) is 2.50. The van der Waals surface area contributed by atoms with Crippen molar-refractivity contribution in [2.45, 2.75) is 25.7 Å². The molecule has 1 aliphatic carbocycles. The van der Waals surface area contributed by atoms with Gasteiger partial charge in [0.15, 0.2) is 0 Å². The number of benzene rings is 2. The molecule has 0 saturated heterocycles. The Morgan fingerprint density at radius 2 is 1.71 bits per heavy atom. The van der Waals surface area contributed by atoms with Crippen molar-refractivity contribution in [1.82, 2.24) is 4.90 Å². The number of phenols is 1. The van der Waals surface area contributed by atoms with Crippen molar-refractivity contribution in [1.29, 1.82) is 0 Å². The lowest BCUT2D eigenvalue weighted by molar-refractivity contribution is 0.437. The molecule has 0 fully saturated rings. The molecule has 2 nitrogen and oxygen atoms in total. The summed E-state index contributed by atoms with van der Waals surface area (Å²) in [5, 5.41) is 9.95. The third-order valence-corrected chi connectivity index (χ3v) is 4.46. The first kappa shape index (κ1) is 18.6. The SMILES string of the molecule is CN(C)C/C1=C(\c2cccc(O)c2)c2ccccc2CCCC1.Cl. The lowest BCUT2D eigenvalue weighted by atomic mass is 9.84. The minimum Gasteiger partial charge on any atom is -0.508 e. The Morgan fingerprint density at radius 3 is 2.46 bits per heavy atom. The van der Waals surface area contributed by atoms with Gasteiger partial charge in [-0.25, -0.2) is 0 Å². The van der Waals surface area contributed by atoms with Crippen LogP contribution in [0.4, 0.5) is 0 Å². The molecule has 0 spiro atoms. The van der Waals surface area contributed by atoms with E-state index in [2.05, 4.69) is 49.3 Å². The van der Waals surface area contributed by atoms with Crippen molar-refractivity contribution in [3.05, 3.63) is 70.8 Å². The van der Waals surface area contributed by atoms with Gasteiger partial charge in [-0.3, -0.25) is 0 Å². The molecular formula is C21H26ClNO. The molecule has 1 aliphatic rings. The van der Waals surface area contributed by atoms with Crippen molar-refractivity contribution >= 4 is 18.0 Å². The largest absolute Gasteiger partial charge is 0.508 e. The highest BCUT2D eigenvalue weighted by Gasteiger charge is 2.18. The summed E-state index contributed by atoms with van der Waals surface area (Å²) < 4.78 is 0. The van der Waals surface area contributed by atoms with Crippen LogP contribution in [0.15, 0.2) is 54.1 Å². The molecule has 0 saturated carbocycles. The minimum absolute atomic E-state index is 0. The van der Waals surface area contributed by atoms with E-state index in [1.165, 1.54) is 35.1 Å². The van der Waals surface area contributed by atoms with Crippen molar-refractivity contribution in [2.24, 2.45) is 0 Å². The summed E-state index contributed by atoms with van der Waals surface area (Å²) in [6.07, 6.45) is 4.71. The van der Waals surface area contributed by atoms with E-state index in [0.29, 0.717) is 5.75 Å². The van der Waals surface area contributed by atoms with Crippen LogP contribution in [-0.2, 0) is 6.42 Å². The number of aromatic hydroxyl groups is 1. The molecular weight excluding hydrogens is 318 g/mol. The molecule has 2 aromatic carbocycles. The van der Waals surface area contributed by atoms with Crippen LogP contribution in [-0.4, -0.2) is 30.6 Å². The van der Waals surface area contributed by atoms with Gasteiger partial charge in [0.05, 0.1) is 0 Å². The highest BCUT2D eigenvalue weighted by atomic mass is 35.5. The molecule has 24 heavy (non-hydrogen) atoms. The average molecular weight is 344 g/mol. The Hall–Kier alpha value is -1.77. The Morgan fingerprint density at radius 1 is 0.958 bits per heavy atom. The van der Waals surface area contributed by atoms with Gasteiger partial charge in [0.2, 0.25) is 0 Å². The zero-order valence-corrected chi connectivity index (χ0v) is 15.3. The molecule has 0 aromatic heterocycles. The van der Waals surface area contributed by atoms with Crippen LogP contribution < -0.4 is 0 Å². The first-order chi connectivity index (χ1) is 11.1. The second-order valence-corrected chi connectivity index (χ2v) is 6.63. The quantitative estimate of drug-likeness (QED) is 0.856. The van der Waals surface area contributed by atoms with Crippen LogP contribution in [0, 0.1) is 0 Å². The van der Waals surface area contributed by atoms with Gasteiger partial charge in [-0.1, -0.05) is 36.4 Å². The first-order valence-electron chi connectivity index (χ1n) is 8.39. The van der Waals surface area contributed by atoms with Gasteiger partial charge >= 0.3 is 0 Å². The van der Waals surface area contributed by atoms with Gasteiger partial charge < -0.3 is 10.0 Å². The summed E-state index contributed by atoms with van der Waals surface area (Å²) >= 11 is 0. The normalized spacial score (nSPS) is 17.6. The fourth-order valence-corrected chi connectivity index (χ4v) is 3.51. The van der Waals surface area contributed by atoms with E-state index < -0.39 is 0 Å². The Balaban J connectivity index is 0.00000208. The van der Waals surface area contributed by atoms with Crippen molar-refractivity contribution < 1.29 is 5.11 Å². The number of rotatable bonds is 3. The number of hydrogen-bond acceptors (Lipinski definition) is 2.